The number of aromatic nitrogens is 1. The van der Waals surface area contributed by atoms with E-state index in [-0.39, 0.29) is 42.0 Å². The molecule has 1 aromatic heterocycles. The van der Waals surface area contributed by atoms with Crippen LogP contribution < -0.4 is 51.8 Å². The zero-order valence-corrected chi connectivity index (χ0v) is 42.7. The van der Waals surface area contributed by atoms with E-state index in [0.29, 0.717) is 89.9 Å². The highest BCUT2D eigenvalue weighted by Gasteiger charge is 2.24. The lowest BCUT2D eigenvalue weighted by Gasteiger charge is -2.17. The molecule has 9 N–H and O–H groups in total. The second-order valence-corrected chi connectivity index (χ2v) is 19.9. The van der Waals surface area contributed by atoms with Gasteiger partial charge in [-0.2, -0.15) is 10.0 Å². The number of carbonyl (C=O) groups excluding carboxylic acids is 4. The Kier molecular flexibility index (Phi) is 20.0. The number of hydroxylamine groups is 1. The minimum Gasteiger partial charge on any atom is -0.378 e. The van der Waals surface area contributed by atoms with Crippen molar-refractivity contribution in [1.29, 1.82) is 0 Å². The number of hydrogen-bond donors (Lipinski definition) is 9. The molecule has 0 aliphatic carbocycles. The molecule has 0 radical (unpaired) electrons. The van der Waals surface area contributed by atoms with Gasteiger partial charge in [0.15, 0.2) is 12.4 Å². The van der Waals surface area contributed by atoms with Gasteiger partial charge in [0, 0.05) is 36.2 Å². The van der Waals surface area contributed by atoms with Crippen molar-refractivity contribution in [3.8, 4) is 11.1 Å². The molecular formula is C51H59N10O11S2+. The van der Waals surface area contributed by atoms with Gasteiger partial charge in [-0.15, -0.1) is 0 Å². The van der Waals surface area contributed by atoms with Crippen LogP contribution in [0.5, 0.6) is 0 Å². The lowest BCUT2D eigenvalue weighted by molar-refractivity contribution is -0.684. The molecule has 0 unspecified atom stereocenters. The van der Waals surface area contributed by atoms with Crippen LogP contribution in [0.25, 0.3) is 11.1 Å². The van der Waals surface area contributed by atoms with Crippen LogP contribution in [-0.4, -0.2) is 81.0 Å². The Balaban J connectivity index is 0.866. The van der Waals surface area contributed by atoms with Crippen molar-refractivity contribution in [3.63, 3.8) is 0 Å². The highest BCUT2D eigenvalue weighted by molar-refractivity contribution is 7.93. The van der Waals surface area contributed by atoms with Crippen LogP contribution in [0.4, 0.5) is 28.4 Å². The summed E-state index contributed by atoms with van der Waals surface area (Å²) < 4.78 is 71.7. The molecule has 1 heterocycles. The smallest absolute Gasteiger partial charge is 0.290 e. The SMILES string of the molecule is Cc1ccc(S(=O)(=O)Nc2ccc(NNC=O)cc2)c(C)c1NC(=O)C[n+]1cccc(C(=O)NCCOCCOCCNOCc2cccc(-c3c(C)ccc(S(=O)(=O)Nc4ccc(NNC=O)cc4)c3C)c2)c1. The van der Waals surface area contributed by atoms with Crippen molar-refractivity contribution in [2.45, 2.75) is 50.6 Å². The summed E-state index contributed by atoms with van der Waals surface area (Å²) in [6.07, 6.45) is 4.15. The predicted octanol–water partition coefficient (Wildman–Crippen LogP) is 4.75. The van der Waals surface area contributed by atoms with E-state index < -0.39 is 26.0 Å². The molecule has 0 saturated heterocycles. The quantitative estimate of drug-likeness (QED) is 0.0133. The highest BCUT2D eigenvalue weighted by atomic mass is 32.2. The van der Waals surface area contributed by atoms with E-state index >= 15 is 0 Å². The number of hydrazine groups is 2. The van der Waals surface area contributed by atoms with Crippen LogP contribution in [0.1, 0.15) is 38.2 Å². The molecule has 74 heavy (non-hydrogen) atoms. The summed E-state index contributed by atoms with van der Waals surface area (Å²) in [6.45, 7) is 9.01. The zero-order valence-electron chi connectivity index (χ0n) is 41.1. The maximum absolute atomic E-state index is 13.5. The Morgan fingerprint density at radius 2 is 1.19 bits per heavy atom. The normalized spacial score (nSPS) is 11.2. The molecule has 5 aromatic carbocycles. The van der Waals surface area contributed by atoms with Crippen LogP contribution in [0.2, 0.25) is 0 Å². The molecule has 0 saturated carbocycles. The van der Waals surface area contributed by atoms with Crippen LogP contribution in [0, 0.1) is 27.7 Å². The first-order valence-corrected chi connectivity index (χ1v) is 26.1. The number of benzene rings is 5. The molecule has 0 spiro atoms. The number of aryl methyl sites for hydroxylation is 2. The maximum atomic E-state index is 13.5. The third kappa shape index (κ3) is 15.8. The average molecular weight is 1050 g/mol. The Labute approximate surface area is 429 Å². The van der Waals surface area contributed by atoms with Crippen LogP contribution >= 0.6 is 0 Å². The van der Waals surface area contributed by atoms with Gasteiger partial charge in [0.2, 0.25) is 19.4 Å². The molecule has 0 fully saturated rings. The molecule has 390 valence electrons. The van der Waals surface area contributed by atoms with E-state index in [1.165, 1.54) is 24.4 Å². The second-order valence-electron chi connectivity index (χ2n) is 16.6. The molecule has 6 aromatic rings. The first-order chi connectivity index (χ1) is 35.6. The summed E-state index contributed by atoms with van der Waals surface area (Å²) in [7, 11) is -7.99. The molecule has 23 heteroatoms. The summed E-state index contributed by atoms with van der Waals surface area (Å²) in [6, 6.07) is 30.1. The van der Waals surface area contributed by atoms with E-state index in [1.54, 1.807) is 98.3 Å². The molecular weight excluding hydrogens is 993 g/mol. The van der Waals surface area contributed by atoms with Crippen molar-refractivity contribution in [2.75, 3.05) is 65.1 Å². The number of ether oxygens (including phenoxy) is 2. The monoisotopic (exact) mass is 1050 g/mol. The Morgan fingerprint density at radius 1 is 0.622 bits per heavy atom. The van der Waals surface area contributed by atoms with Crippen LogP contribution in [0.3, 0.4) is 0 Å². The van der Waals surface area contributed by atoms with Gasteiger partial charge in [0.1, 0.15) is 5.56 Å². The van der Waals surface area contributed by atoms with Gasteiger partial charge < -0.3 is 20.1 Å². The lowest BCUT2D eigenvalue weighted by Crippen LogP contribution is -2.41. The van der Waals surface area contributed by atoms with E-state index in [4.69, 9.17) is 14.3 Å². The summed E-state index contributed by atoms with van der Waals surface area (Å²) in [5.41, 5.74) is 20.3. The van der Waals surface area contributed by atoms with Crippen molar-refractivity contribution < 1.29 is 54.9 Å². The predicted molar refractivity (Wildman–Crippen MR) is 279 cm³/mol. The summed E-state index contributed by atoms with van der Waals surface area (Å²) in [4.78, 5) is 53.0. The molecule has 21 nitrogen and oxygen atoms in total. The fraction of sp³-hybridized carbons (Fsp3) is 0.235. The largest absolute Gasteiger partial charge is 0.378 e. The first-order valence-electron chi connectivity index (χ1n) is 23.1. The first kappa shape index (κ1) is 55.4. The highest BCUT2D eigenvalue weighted by Crippen LogP contribution is 2.33. The topological polar surface area (TPSA) is 276 Å². The van der Waals surface area contributed by atoms with E-state index in [1.807, 2.05) is 31.2 Å². The molecule has 0 aliphatic rings. The van der Waals surface area contributed by atoms with E-state index in [0.717, 1.165) is 22.3 Å². The van der Waals surface area contributed by atoms with Crippen molar-refractivity contribution in [2.24, 2.45) is 0 Å². The summed E-state index contributed by atoms with van der Waals surface area (Å²) in [5.74, 6) is -0.794. The number of carbonyl (C=O) groups is 4. The second kappa shape index (κ2) is 26.7. The third-order valence-electron chi connectivity index (χ3n) is 11.2. The van der Waals surface area contributed by atoms with Gasteiger partial charge in [0.05, 0.1) is 54.2 Å². The van der Waals surface area contributed by atoms with Crippen LogP contribution in [0.15, 0.2) is 131 Å². The Morgan fingerprint density at radius 3 is 1.80 bits per heavy atom. The summed E-state index contributed by atoms with van der Waals surface area (Å²) in [5, 5.41) is 5.63. The summed E-state index contributed by atoms with van der Waals surface area (Å²) >= 11 is 0. The van der Waals surface area contributed by atoms with Crippen LogP contribution in [-0.2, 0) is 61.9 Å². The third-order valence-corrected chi connectivity index (χ3v) is 14.2. The van der Waals surface area contributed by atoms with Gasteiger partial charge in [-0.3, -0.25) is 55.2 Å². The average Bonchev–Trinajstić information content (AvgIpc) is 3.37. The maximum Gasteiger partial charge on any atom is 0.290 e. The number of nitrogens with one attached hydrogen (secondary N) is 9. The molecule has 0 bridgehead atoms. The van der Waals surface area contributed by atoms with E-state index in [2.05, 4.69) is 47.3 Å². The fourth-order valence-electron chi connectivity index (χ4n) is 7.66. The number of pyridine rings is 1. The Bertz CT molecular complexity index is 3140. The molecule has 0 aliphatic heterocycles. The lowest BCUT2D eigenvalue weighted by atomic mass is 9.95. The van der Waals surface area contributed by atoms with Crippen molar-refractivity contribution in [3.05, 3.63) is 155 Å². The van der Waals surface area contributed by atoms with Crippen molar-refractivity contribution in [1.82, 2.24) is 21.6 Å². The number of sulfonamides is 2. The van der Waals surface area contributed by atoms with Gasteiger partial charge in [0.25, 0.3) is 31.9 Å². The van der Waals surface area contributed by atoms with Crippen molar-refractivity contribution >= 4 is 73.1 Å². The van der Waals surface area contributed by atoms with Gasteiger partial charge in [-0.25, -0.2) is 16.8 Å². The number of amides is 4. The van der Waals surface area contributed by atoms with Gasteiger partial charge >= 0.3 is 0 Å². The standard InChI is InChI=1S/C51H58N10O11S2/c1-35-10-20-46(73(66,67)59-44-16-12-42(13-17-44)57-53-33-62)37(3)49(35)40-8-5-7-39(29-40)32-72-55-23-26-71-28-27-70-25-22-52-51(65)41-9-6-24-61(30-41)31-48(64)56-50-36(2)11-21-47(38(50)4)74(68,69)60-45-18-14-43(15-19-45)58-54-34-63/h5-21,24,29-30,33-34,55,57-60H,22-23,25-28,31-32H2,1-4H3,(H3-,52,53,54,56,62,63,64,65)/p+1. The number of anilines is 5. The molecule has 4 amide bonds. The molecule has 0 atom stereocenters. The Hall–Kier alpha value is -7.93. The zero-order chi connectivity index (χ0) is 53.1. The van der Waals surface area contributed by atoms with Gasteiger partial charge in [-0.1, -0.05) is 30.3 Å². The number of rotatable bonds is 29. The fourth-order valence-corrected chi connectivity index (χ4v) is 10.3. The number of hydrogen-bond acceptors (Lipinski definition) is 14. The minimum absolute atomic E-state index is 0.0208. The minimum atomic E-state index is -4.05. The molecule has 6 rings (SSSR count). The van der Waals surface area contributed by atoms with Gasteiger partial charge in [-0.05, 0) is 139 Å². The van der Waals surface area contributed by atoms with E-state index in [9.17, 15) is 36.0 Å². The number of nitrogens with zero attached hydrogens (tertiary/aromatic N) is 1.